The van der Waals surface area contributed by atoms with Gasteiger partial charge < -0.3 is 9.15 Å². The normalized spacial score (nSPS) is 10.5. The fourth-order valence-corrected chi connectivity index (χ4v) is 2.74. The summed E-state index contributed by atoms with van der Waals surface area (Å²) >= 11 is 4.85. The smallest absolute Gasteiger partial charge is 0.361 e. The van der Waals surface area contributed by atoms with Crippen LogP contribution in [-0.4, -0.2) is 17.6 Å². The second kappa shape index (κ2) is 5.01. The lowest BCUT2D eigenvalue weighted by molar-refractivity contribution is 0.0520. The van der Waals surface area contributed by atoms with Crippen LogP contribution in [0.15, 0.2) is 20.3 Å². The first-order chi connectivity index (χ1) is 8.11. The second-order valence-electron chi connectivity index (χ2n) is 3.23. The molecule has 2 rings (SSSR count). The molecular weight excluding hydrogens is 306 g/mol. The summed E-state index contributed by atoms with van der Waals surface area (Å²) in [5, 5.41) is 0. The first-order valence-electron chi connectivity index (χ1n) is 5.02. The molecule has 0 aliphatic rings. The number of hydrogen-bond donors (Lipinski definition) is 0. The second-order valence-corrected chi connectivity index (χ2v) is 5.70. The van der Waals surface area contributed by atoms with Crippen molar-refractivity contribution in [3.8, 4) is 10.6 Å². The zero-order chi connectivity index (χ0) is 12.4. The zero-order valence-corrected chi connectivity index (χ0v) is 11.7. The van der Waals surface area contributed by atoms with Crippen molar-refractivity contribution >= 4 is 33.2 Å². The molecule has 2 aromatic rings. The summed E-state index contributed by atoms with van der Waals surface area (Å²) in [7, 11) is 0. The van der Waals surface area contributed by atoms with Crippen LogP contribution in [0, 0.1) is 6.92 Å². The van der Waals surface area contributed by atoms with Crippen molar-refractivity contribution < 1.29 is 13.9 Å². The van der Waals surface area contributed by atoms with Crippen LogP contribution in [-0.2, 0) is 4.74 Å². The molecule has 17 heavy (non-hydrogen) atoms. The molecule has 0 aromatic carbocycles. The Hall–Kier alpha value is -1.14. The van der Waals surface area contributed by atoms with Crippen LogP contribution in [0.25, 0.3) is 10.6 Å². The van der Waals surface area contributed by atoms with Gasteiger partial charge in [-0.3, -0.25) is 0 Å². The number of thiophene rings is 1. The van der Waals surface area contributed by atoms with Gasteiger partial charge in [0.25, 0.3) is 0 Å². The molecule has 0 amide bonds. The minimum atomic E-state index is -0.455. The highest BCUT2D eigenvalue weighted by molar-refractivity contribution is 9.11. The minimum absolute atomic E-state index is 0.235. The SMILES string of the molecule is CCOC(=O)c1nc(C)oc1-c1ccc(Br)s1. The summed E-state index contributed by atoms with van der Waals surface area (Å²) < 4.78 is 11.4. The number of carbonyl (C=O) groups excluding carboxylic acids is 1. The van der Waals surface area contributed by atoms with Crippen molar-refractivity contribution in [2.75, 3.05) is 6.61 Å². The van der Waals surface area contributed by atoms with Gasteiger partial charge in [0.1, 0.15) is 0 Å². The first-order valence-corrected chi connectivity index (χ1v) is 6.63. The highest BCUT2D eigenvalue weighted by Crippen LogP contribution is 2.34. The molecule has 0 spiro atoms. The van der Waals surface area contributed by atoms with E-state index in [1.54, 1.807) is 13.8 Å². The minimum Gasteiger partial charge on any atom is -0.461 e. The van der Waals surface area contributed by atoms with E-state index in [1.807, 2.05) is 12.1 Å². The number of aromatic nitrogens is 1. The fourth-order valence-electron chi connectivity index (χ4n) is 1.37. The van der Waals surface area contributed by atoms with Gasteiger partial charge in [-0.2, -0.15) is 0 Å². The first kappa shape index (κ1) is 12.3. The molecule has 0 radical (unpaired) electrons. The number of ether oxygens (including phenoxy) is 1. The van der Waals surface area contributed by atoms with Gasteiger partial charge in [0.15, 0.2) is 17.3 Å². The summed E-state index contributed by atoms with van der Waals surface area (Å²) in [5.41, 5.74) is 0.235. The lowest BCUT2D eigenvalue weighted by Crippen LogP contribution is -2.06. The number of aryl methyl sites for hydroxylation is 1. The molecule has 0 saturated carbocycles. The van der Waals surface area contributed by atoms with E-state index in [2.05, 4.69) is 20.9 Å². The maximum absolute atomic E-state index is 11.7. The van der Waals surface area contributed by atoms with Crippen LogP contribution >= 0.6 is 27.3 Å². The Kier molecular flexibility index (Phi) is 3.63. The molecule has 0 unspecified atom stereocenters. The van der Waals surface area contributed by atoms with Crippen LogP contribution in [0.5, 0.6) is 0 Å². The number of rotatable bonds is 3. The number of nitrogens with zero attached hydrogens (tertiary/aromatic N) is 1. The fraction of sp³-hybridized carbons (Fsp3) is 0.273. The van der Waals surface area contributed by atoms with Gasteiger partial charge in [0, 0.05) is 6.92 Å². The van der Waals surface area contributed by atoms with Crippen LogP contribution in [0.3, 0.4) is 0 Å². The average Bonchev–Trinajstić information content (AvgIpc) is 2.84. The largest absolute Gasteiger partial charge is 0.461 e. The van der Waals surface area contributed by atoms with E-state index < -0.39 is 5.97 Å². The molecule has 2 aromatic heterocycles. The predicted octanol–water partition coefficient (Wildman–Crippen LogP) is 3.65. The monoisotopic (exact) mass is 315 g/mol. The van der Waals surface area contributed by atoms with E-state index in [1.165, 1.54) is 11.3 Å². The van der Waals surface area contributed by atoms with Gasteiger partial charge >= 0.3 is 5.97 Å². The van der Waals surface area contributed by atoms with Gasteiger partial charge in [-0.05, 0) is 35.0 Å². The molecular formula is C11H10BrNO3S. The number of hydrogen-bond acceptors (Lipinski definition) is 5. The van der Waals surface area contributed by atoms with Crippen molar-refractivity contribution in [2.24, 2.45) is 0 Å². The molecule has 90 valence electrons. The van der Waals surface area contributed by atoms with Crippen LogP contribution < -0.4 is 0 Å². The third kappa shape index (κ3) is 2.58. The van der Waals surface area contributed by atoms with E-state index in [0.29, 0.717) is 18.3 Å². The van der Waals surface area contributed by atoms with Gasteiger partial charge in [-0.15, -0.1) is 11.3 Å². The molecule has 0 aliphatic carbocycles. The molecule has 0 atom stereocenters. The van der Waals surface area contributed by atoms with Gasteiger partial charge in [-0.1, -0.05) is 0 Å². The summed E-state index contributed by atoms with van der Waals surface area (Å²) in [5.74, 6) is 0.466. The van der Waals surface area contributed by atoms with E-state index in [0.717, 1.165) is 8.66 Å². The molecule has 0 fully saturated rings. The molecule has 0 saturated heterocycles. The molecule has 0 bridgehead atoms. The number of halogens is 1. The van der Waals surface area contributed by atoms with Crippen molar-refractivity contribution in [2.45, 2.75) is 13.8 Å². The Morgan fingerprint density at radius 3 is 2.94 bits per heavy atom. The van der Waals surface area contributed by atoms with E-state index in [4.69, 9.17) is 9.15 Å². The Morgan fingerprint density at radius 1 is 1.59 bits per heavy atom. The third-order valence-electron chi connectivity index (χ3n) is 2.00. The highest BCUT2D eigenvalue weighted by Gasteiger charge is 2.22. The van der Waals surface area contributed by atoms with Crippen molar-refractivity contribution in [1.29, 1.82) is 0 Å². The molecule has 6 heteroatoms. The Balaban J connectivity index is 2.43. The molecule has 0 aliphatic heterocycles. The van der Waals surface area contributed by atoms with E-state index in [-0.39, 0.29) is 5.69 Å². The maximum Gasteiger partial charge on any atom is 0.361 e. The number of carbonyl (C=O) groups is 1. The quantitative estimate of drug-likeness (QED) is 0.811. The van der Waals surface area contributed by atoms with Crippen LogP contribution in [0.1, 0.15) is 23.3 Å². The summed E-state index contributed by atoms with van der Waals surface area (Å²) in [6.45, 7) is 3.78. The Bertz CT molecular complexity index is 547. The zero-order valence-electron chi connectivity index (χ0n) is 9.32. The lowest BCUT2D eigenvalue weighted by atomic mass is 10.3. The molecule has 0 N–H and O–H groups in total. The third-order valence-corrected chi connectivity index (χ3v) is 3.62. The molecule has 4 nitrogen and oxygen atoms in total. The van der Waals surface area contributed by atoms with E-state index in [9.17, 15) is 4.79 Å². The highest BCUT2D eigenvalue weighted by atomic mass is 79.9. The summed E-state index contributed by atoms with van der Waals surface area (Å²) in [4.78, 5) is 16.6. The maximum atomic E-state index is 11.7. The molecule has 2 heterocycles. The Labute approximate surface area is 111 Å². The summed E-state index contributed by atoms with van der Waals surface area (Å²) in [6.07, 6.45) is 0. The van der Waals surface area contributed by atoms with Crippen molar-refractivity contribution in [3.05, 3.63) is 27.5 Å². The van der Waals surface area contributed by atoms with Crippen LogP contribution in [0.4, 0.5) is 0 Å². The van der Waals surface area contributed by atoms with Crippen LogP contribution in [0.2, 0.25) is 0 Å². The average molecular weight is 316 g/mol. The van der Waals surface area contributed by atoms with Gasteiger partial charge in [0.05, 0.1) is 15.3 Å². The van der Waals surface area contributed by atoms with Gasteiger partial charge in [0.2, 0.25) is 0 Å². The van der Waals surface area contributed by atoms with Gasteiger partial charge in [-0.25, -0.2) is 9.78 Å². The van der Waals surface area contributed by atoms with Crippen molar-refractivity contribution in [1.82, 2.24) is 4.98 Å². The summed E-state index contributed by atoms with van der Waals surface area (Å²) in [6, 6.07) is 3.77. The number of esters is 1. The van der Waals surface area contributed by atoms with E-state index >= 15 is 0 Å². The van der Waals surface area contributed by atoms with Crippen molar-refractivity contribution in [3.63, 3.8) is 0 Å². The Morgan fingerprint density at radius 2 is 2.35 bits per heavy atom. The topological polar surface area (TPSA) is 52.3 Å². The number of oxazole rings is 1. The predicted molar refractivity (Wildman–Crippen MR) is 68.2 cm³/mol. The standard InChI is InChI=1S/C11H10BrNO3S/c1-3-15-11(14)9-10(16-6(2)13-9)7-4-5-8(12)17-7/h4-5H,3H2,1-2H3. The lowest BCUT2D eigenvalue weighted by Gasteiger charge is -1.98.